The molecule has 2 aromatic heterocycles. The maximum Gasteiger partial charge on any atom is 0.227 e. The number of carbonyl (C=O) groups is 1. The zero-order valence-electron chi connectivity index (χ0n) is 17.8. The Morgan fingerprint density at radius 2 is 1.97 bits per heavy atom. The summed E-state index contributed by atoms with van der Waals surface area (Å²) < 4.78 is 1.78. The van der Waals surface area contributed by atoms with E-state index >= 15 is 0 Å². The van der Waals surface area contributed by atoms with Crippen molar-refractivity contribution in [3.63, 3.8) is 0 Å². The third-order valence-corrected chi connectivity index (χ3v) is 5.56. The molecule has 0 spiro atoms. The molecule has 0 radical (unpaired) electrons. The van der Waals surface area contributed by atoms with Gasteiger partial charge in [0.1, 0.15) is 0 Å². The van der Waals surface area contributed by atoms with Gasteiger partial charge in [0, 0.05) is 51.2 Å². The number of piperidine rings is 1. The highest BCUT2D eigenvalue weighted by molar-refractivity contribution is 5.80. The van der Waals surface area contributed by atoms with Crippen LogP contribution >= 0.6 is 0 Å². The number of anilines is 1. The van der Waals surface area contributed by atoms with Crippen molar-refractivity contribution in [1.82, 2.24) is 24.6 Å². The number of likely N-dealkylation sites (tertiary alicyclic amines) is 1. The summed E-state index contributed by atoms with van der Waals surface area (Å²) in [4.78, 5) is 26.6. The summed E-state index contributed by atoms with van der Waals surface area (Å²) in [6.07, 6.45) is 9.07. The molecule has 1 amide bonds. The van der Waals surface area contributed by atoms with Gasteiger partial charge in [-0.15, -0.1) is 0 Å². The molecule has 1 aliphatic rings. The topological polar surface area (TPSA) is 67.2 Å². The van der Waals surface area contributed by atoms with Crippen molar-refractivity contribution in [2.75, 3.05) is 25.5 Å². The van der Waals surface area contributed by atoms with Crippen molar-refractivity contribution < 1.29 is 4.79 Å². The van der Waals surface area contributed by atoms with Gasteiger partial charge >= 0.3 is 0 Å². The number of benzene rings is 1. The molecule has 3 heterocycles. The molecule has 4 rings (SSSR count). The first-order valence-corrected chi connectivity index (χ1v) is 10.4. The number of hydrogen-bond acceptors (Lipinski definition) is 5. The van der Waals surface area contributed by atoms with Gasteiger partial charge in [0.25, 0.3) is 0 Å². The van der Waals surface area contributed by atoms with Crippen LogP contribution in [0.25, 0.3) is 11.1 Å². The predicted molar refractivity (Wildman–Crippen MR) is 117 cm³/mol. The van der Waals surface area contributed by atoms with Gasteiger partial charge in [0.15, 0.2) is 0 Å². The van der Waals surface area contributed by atoms with E-state index in [0.717, 1.165) is 48.2 Å². The SMILES string of the molecule is CN(C)c1ncc(-c2cnn(C)c2)c([C@@H]2CCCCN2C(=O)Cc2ccccc2)n1. The quantitative estimate of drug-likeness (QED) is 0.653. The normalized spacial score (nSPS) is 16.5. The summed E-state index contributed by atoms with van der Waals surface area (Å²) in [6, 6.07) is 9.88. The Morgan fingerprint density at radius 3 is 2.67 bits per heavy atom. The Labute approximate surface area is 177 Å². The van der Waals surface area contributed by atoms with Crippen molar-refractivity contribution in [3.8, 4) is 11.1 Å². The van der Waals surface area contributed by atoms with Crippen LogP contribution in [0.4, 0.5) is 5.95 Å². The van der Waals surface area contributed by atoms with E-state index in [1.807, 2.05) is 79.9 Å². The molecule has 156 valence electrons. The van der Waals surface area contributed by atoms with Crippen LogP contribution in [0.5, 0.6) is 0 Å². The number of aromatic nitrogens is 4. The van der Waals surface area contributed by atoms with Crippen molar-refractivity contribution in [1.29, 1.82) is 0 Å². The van der Waals surface area contributed by atoms with E-state index in [9.17, 15) is 4.79 Å². The number of rotatable bonds is 5. The summed E-state index contributed by atoms with van der Waals surface area (Å²) in [5.41, 5.74) is 3.86. The molecule has 1 fully saturated rings. The average Bonchev–Trinajstić information content (AvgIpc) is 3.20. The maximum absolute atomic E-state index is 13.3. The highest BCUT2D eigenvalue weighted by Gasteiger charge is 2.31. The lowest BCUT2D eigenvalue weighted by molar-refractivity contribution is -0.134. The van der Waals surface area contributed by atoms with Crippen molar-refractivity contribution in [3.05, 3.63) is 60.2 Å². The number of amides is 1. The smallest absolute Gasteiger partial charge is 0.227 e. The largest absolute Gasteiger partial charge is 0.347 e. The summed E-state index contributed by atoms with van der Waals surface area (Å²) in [5, 5.41) is 4.32. The highest BCUT2D eigenvalue weighted by Crippen LogP contribution is 2.36. The van der Waals surface area contributed by atoms with Crippen LogP contribution in [0.15, 0.2) is 48.9 Å². The minimum atomic E-state index is -0.0631. The van der Waals surface area contributed by atoms with E-state index < -0.39 is 0 Å². The van der Waals surface area contributed by atoms with Gasteiger partial charge in [-0.1, -0.05) is 30.3 Å². The molecule has 1 aliphatic heterocycles. The molecule has 0 unspecified atom stereocenters. The fourth-order valence-electron chi connectivity index (χ4n) is 4.02. The number of carbonyl (C=O) groups excluding carboxylic acids is 1. The van der Waals surface area contributed by atoms with Gasteiger partial charge in [-0.2, -0.15) is 5.10 Å². The fraction of sp³-hybridized carbons (Fsp3) is 0.391. The predicted octanol–water partition coefficient (Wildman–Crippen LogP) is 3.24. The van der Waals surface area contributed by atoms with Gasteiger partial charge < -0.3 is 9.80 Å². The molecule has 0 N–H and O–H groups in total. The number of hydrogen-bond donors (Lipinski definition) is 0. The first kappa shape index (κ1) is 20.1. The molecule has 0 aliphatic carbocycles. The van der Waals surface area contributed by atoms with Crippen LogP contribution < -0.4 is 4.90 Å². The molecule has 7 heteroatoms. The van der Waals surface area contributed by atoms with Crippen LogP contribution in [-0.4, -0.2) is 51.2 Å². The van der Waals surface area contributed by atoms with Gasteiger partial charge in [0.05, 0.1) is 24.4 Å². The van der Waals surface area contributed by atoms with E-state index in [1.165, 1.54) is 0 Å². The average molecular weight is 405 g/mol. The molecule has 1 saturated heterocycles. The van der Waals surface area contributed by atoms with E-state index in [1.54, 1.807) is 4.68 Å². The Balaban J connectivity index is 1.72. The first-order chi connectivity index (χ1) is 14.5. The molecule has 7 nitrogen and oxygen atoms in total. The monoisotopic (exact) mass is 404 g/mol. The molecule has 1 atom stereocenters. The van der Waals surface area contributed by atoms with E-state index in [2.05, 4.69) is 10.1 Å². The Hall–Kier alpha value is -3.22. The van der Waals surface area contributed by atoms with Gasteiger partial charge in [-0.25, -0.2) is 9.97 Å². The molecule has 1 aromatic carbocycles. The lowest BCUT2D eigenvalue weighted by Crippen LogP contribution is -2.40. The van der Waals surface area contributed by atoms with Crippen molar-refractivity contribution in [2.24, 2.45) is 7.05 Å². The third-order valence-electron chi connectivity index (χ3n) is 5.56. The second-order valence-electron chi connectivity index (χ2n) is 8.03. The second-order valence-corrected chi connectivity index (χ2v) is 8.03. The molecule has 0 saturated carbocycles. The second kappa shape index (κ2) is 8.65. The number of nitrogens with zero attached hydrogens (tertiary/aromatic N) is 6. The Morgan fingerprint density at radius 1 is 1.17 bits per heavy atom. The van der Waals surface area contributed by atoms with E-state index in [-0.39, 0.29) is 11.9 Å². The zero-order valence-corrected chi connectivity index (χ0v) is 17.8. The minimum absolute atomic E-state index is 0.0631. The Bertz CT molecular complexity index is 1010. The molecule has 3 aromatic rings. The zero-order chi connectivity index (χ0) is 21.1. The fourth-order valence-corrected chi connectivity index (χ4v) is 4.02. The molecular weight excluding hydrogens is 376 g/mol. The summed E-state index contributed by atoms with van der Waals surface area (Å²) in [6.45, 7) is 0.754. The van der Waals surface area contributed by atoms with Crippen LogP contribution in [0.2, 0.25) is 0 Å². The van der Waals surface area contributed by atoms with E-state index in [0.29, 0.717) is 12.4 Å². The summed E-state index contributed by atoms with van der Waals surface area (Å²) >= 11 is 0. The van der Waals surface area contributed by atoms with Crippen LogP contribution in [0.1, 0.15) is 36.6 Å². The summed E-state index contributed by atoms with van der Waals surface area (Å²) in [7, 11) is 5.76. The molecular formula is C23H28N6O. The van der Waals surface area contributed by atoms with Crippen LogP contribution in [0, 0.1) is 0 Å². The minimum Gasteiger partial charge on any atom is -0.347 e. The van der Waals surface area contributed by atoms with Gasteiger partial charge in [-0.05, 0) is 24.8 Å². The first-order valence-electron chi connectivity index (χ1n) is 10.4. The standard InChI is InChI=1S/C23H28N6O/c1-27(2)23-24-15-19(18-14-25-28(3)16-18)22(26-23)20-11-7-8-12-29(20)21(30)13-17-9-5-4-6-10-17/h4-6,9-10,14-16,20H,7-8,11-13H2,1-3H3/t20-/m0/s1. The Kier molecular flexibility index (Phi) is 5.79. The van der Waals surface area contributed by atoms with Gasteiger partial charge in [0.2, 0.25) is 11.9 Å². The lowest BCUT2D eigenvalue weighted by Gasteiger charge is -2.36. The maximum atomic E-state index is 13.3. The van der Waals surface area contributed by atoms with E-state index in [4.69, 9.17) is 4.98 Å². The van der Waals surface area contributed by atoms with Crippen LogP contribution in [-0.2, 0) is 18.3 Å². The summed E-state index contributed by atoms with van der Waals surface area (Å²) in [5.74, 6) is 0.798. The molecule has 30 heavy (non-hydrogen) atoms. The van der Waals surface area contributed by atoms with Gasteiger partial charge in [-0.3, -0.25) is 9.48 Å². The number of aryl methyl sites for hydroxylation is 1. The lowest BCUT2D eigenvalue weighted by atomic mass is 9.94. The third kappa shape index (κ3) is 4.20. The van der Waals surface area contributed by atoms with Crippen molar-refractivity contribution in [2.45, 2.75) is 31.7 Å². The highest BCUT2D eigenvalue weighted by atomic mass is 16.2. The molecule has 0 bridgehead atoms. The van der Waals surface area contributed by atoms with Crippen molar-refractivity contribution >= 4 is 11.9 Å². The van der Waals surface area contributed by atoms with Crippen LogP contribution in [0.3, 0.4) is 0 Å².